The first kappa shape index (κ1) is 17.5. The predicted octanol–water partition coefficient (Wildman–Crippen LogP) is 2.63. The van der Waals surface area contributed by atoms with E-state index < -0.39 is 26.3 Å². The first-order valence-electron chi connectivity index (χ1n) is 7.91. The Morgan fingerprint density at radius 2 is 2.17 bits per heavy atom. The standard InChI is InChI=1S/C17H19ClO5S/c1-2-23-17(19)12-8-9-22-10-15(12)24(20,21)14-7-6-11-4-3-5-13(18)16(11)14/h3-5,8,14-15H,2,6-7,9-10H2,1H3/t14-,15?/m0/s1. The molecule has 0 radical (unpaired) electrons. The quantitative estimate of drug-likeness (QED) is 0.762. The Hall–Kier alpha value is -1.37. The highest BCUT2D eigenvalue weighted by molar-refractivity contribution is 7.92. The number of hydrogen-bond acceptors (Lipinski definition) is 5. The second kappa shape index (κ2) is 6.86. The van der Waals surface area contributed by atoms with Crippen LogP contribution in [0, 0.1) is 0 Å². The van der Waals surface area contributed by atoms with Crippen molar-refractivity contribution in [1.82, 2.24) is 0 Å². The van der Waals surface area contributed by atoms with E-state index in [4.69, 9.17) is 21.1 Å². The molecular formula is C17H19ClO5S. The summed E-state index contributed by atoms with van der Waals surface area (Å²) in [6.45, 7) is 2.06. The summed E-state index contributed by atoms with van der Waals surface area (Å²) in [4.78, 5) is 12.1. The van der Waals surface area contributed by atoms with E-state index in [1.165, 1.54) is 6.08 Å². The zero-order valence-electron chi connectivity index (χ0n) is 13.3. The minimum atomic E-state index is -3.69. The highest BCUT2D eigenvalue weighted by atomic mass is 35.5. The molecule has 0 saturated carbocycles. The van der Waals surface area contributed by atoms with Gasteiger partial charge in [0.05, 0.1) is 30.6 Å². The maximum Gasteiger partial charge on any atom is 0.335 e. The molecule has 2 aliphatic rings. The fourth-order valence-electron chi connectivity index (χ4n) is 3.36. The Kier molecular flexibility index (Phi) is 4.99. The van der Waals surface area contributed by atoms with Gasteiger partial charge in [0.15, 0.2) is 9.84 Å². The van der Waals surface area contributed by atoms with E-state index in [1.807, 2.05) is 12.1 Å². The predicted molar refractivity (Wildman–Crippen MR) is 90.8 cm³/mol. The van der Waals surface area contributed by atoms with Crippen LogP contribution in [-0.2, 0) is 30.5 Å². The van der Waals surface area contributed by atoms with Crippen LogP contribution >= 0.6 is 11.6 Å². The smallest absolute Gasteiger partial charge is 0.335 e. The van der Waals surface area contributed by atoms with Crippen molar-refractivity contribution in [3.05, 3.63) is 46.0 Å². The third kappa shape index (κ3) is 2.98. The summed E-state index contributed by atoms with van der Waals surface area (Å²) in [5.74, 6) is -0.591. The van der Waals surface area contributed by atoms with Crippen molar-refractivity contribution < 1.29 is 22.7 Å². The highest BCUT2D eigenvalue weighted by Crippen LogP contribution is 2.44. The molecule has 0 amide bonds. The molecule has 1 aliphatic heterocycles. The first-order chi connectivity index (χ1) is 11.5. The van der Waals surface area contributed by atoms with Crippen molar-refractivity contribution in [2.45, 2.75) is 30.3 Å². The largest absolute Gasteiger partial charge is 0.463 e. The number of esters is 1. The summed E-state index contributed by atoms with van der Waals surface area (Å²) in [6.07, 6.45) is 2.63. The molecule has 0 saturated heterocycles. The van der Waals surface area contributed by atoms with Crippen molar-refractivity contribution in [2.24, 2.45) is 0 Å². The zero-order chi connectivity index (χ0) is 17.3. The highest BCUT2D eigenvalue weighted by Gasteiger charge is 2.44. The number of benzene rings is 1. The third-order valence-corrected chi connectivity index (χ3v) is 7.26. The number of carbonyl (C=O) groups excluding carboxylic acids is 1. The van der Waals surface area contributed by atoms with Crippen LogP contribution < -0.4 is 0 Å². The van der Waals surface area contributed by atoms with E-state index >= 15 is 0 Å². The van der Waals surface area contributed by atoms with Crippen LogP contribution in [0.15, 0.2) is 29.8 Å². The van der Waals surface area contributed by atoms with Gasteiger partial charge in [0.1, 0.15) is 5.25 Å². The van der Waals surface area contributed by atoms with Gasteiger partial charge in [0.2, 0.25) is 0 Å². The van der Waals surface area contributed by atoms with Gasteiger partial charge in [-0.3, -0.25) is 0 Å². The van der Waals surface area contributed by atoms with Crippen LogP contribution in [0.5, 0.6) is 0 Å². The molecule has 1 aliphatic carbocycles. The number of hydrogen-bond donors (Lipinski definition) is 0. The van der Waals surface area contributed by atoms with Gasteiger partial charge in [-0.1, -0.05) is 23.7 Å². The first-order valence-corrected chi connectivity index (χ1v) is 9.90. The lowest BCUT2D eigenvalue weighted by molar-refractivity contribution is -0.139. The van der Waals surface area contributed by atoms with Crippen LogP contribution in [0.3, 0.4) is 0 Å². The molecule has 0 spiro atoms. The molecule has 1 unspecified atom stereocenters. The number of aryl methyl sites for hydroxylation is 1. The Balaban J connectivity index is 1.98. The average molecular weight is 371 g/mol. The minimum absolute atomic E-state index is 0.0384. The SMILES string of the molecule is CCOC(=O)C1=CCOCC1S(=O)(=O)[C@H]1CCc2cccc(Cl)c21. The minimum Gasteiger partial charge on any atom is -0.463 e. The van der Waals surface area contributed by atoms with E-state index in [-0.39, 0.29) is 25.4 Å². The molecule has 0 N–H and O–H groups in total. The van der Waals surface area contributed by atoms with Gasteiger partial charge in [0, 0.05) is 5.02 Å². The summed E-state index contributed by atoms with van der Waals surface area (Å²) >= 11 is 6.26. The molecule has 0 aromatic heterocycles. The maximum absolute atomic E-state index is 13.2. The van der Waals surface area contributed by atoms with Crippen LogP contribution in [0.25, 0.3) is 0 Å². The molecule has 0 bridgehead atoms. The topological polar surface area (TPSA) is 69.7 Å². The molecule has 130 valence electrons. The summed E-state index contributed by atoms with van der Waals surface area (Å²) in [7, 11) is -3.69. The van der Waals surface area contributed by atoms with E-state index in [0.29, 0.717) is 23.4 Å². The molecule has 5 nitrogen and oxygen atoms in total. The fraction of sp³-hybridized carbons (Fsp3) is 0.471. The fourth-order valence-corrected chi connectivity index (χ4v) is 6.04. The monoisotopic (exact) mass is 370 g/mol. The number of carbonyl (C=O) groups is 1. The molecule has 3 rings (SSSR count). The summed E-state index contributed by atoms with van der Waals surface area (Å²) in [6, 6.07) is 5.42. The van der Waals surface area contributed by atoms with Crippen molar-refractivity contribution in [3.8, 4) is 0 Å². The van der Waals surface area contributed by atoms with E-state index in [2.05, 4.69) is 0 Å². The number of rotatable bonds is 4. The molecule has 7 heteroatoms. The van der Waals surface area contributed by atoms with Gasteiger partial charge in [0.25, 0.3) is 0 Å². The Morgan fingerprint density at radius 1 is 1.38 bits per heavy atom. The Bertz CT molecular complexity index is 784. The molecule has 1 aromatic carbocycles. The third-order valence-electron chi connectivity index (χ3n) is 4.48. The van der Waals surface area contributed by atoms with E-state index in [9.17, 15) is 13.2 Å². The zero-order valence-corrected chi connectivity index (χ0v) is 14.9. The van der Waals surface area contributed by atoms with Gasteiger partial charge < -0.3 is 9.47 Å². The van der Waals surface area contributed by atoms with Crippen LogP contribution in [0.1, 0.15) is 29.7 Å². The van der Waals surface area contributed by atoms with Crippen molar-refractivity contribution in [3.63, 3.8) is 0 Å². The van der Waals surface area contributed by atoms with Crippen molar-refractivity contribution >= 4 is 27.4 Å². The van der Waals surface area contributed by atoms with Gasteiger partial charge in [-0.15, -0.1) is 0 Å². The van der Waals surface area contributed by atoms with Gasteiger partial charge >= 0.3 is 5.97 Å². The van der Waals surface area contributed by atoms with E-state index in [0.717, 1.165) is 5.56 Å². The summed E-state index contributed by atoms with van der Waals surface area (Å²) in [5.41, 5.74) is 1.78. The molecule has 24 heavy (non-hydrogen) atoms. The van der Waals surface area contributed by atoms with Gasteiger partial charge in [-0.2, -0.15) is 0 Å². The van der Waals surface area contributed by atoms with Gasteiger partial charge in [-0.05, 0) is 43.0 Å². The lowest BCUT2D eigenvalue weighted by atomic mass is 10.1. The van der Waals surface area contributed by atoms with Crippen molar-refractivity contribution in [1.29, 1.82) is 0 Å². The Labute approximate surface area is 146 Å². The second-order valence-corrected chi connectivity index (χ2v) is 8.56. The molecule has 0 fully saturated rings. The molecule has 1 aromatic rings. The Morgan fingerprint density at radius 3 is 2.92 bits per heavy atom. The van der Waals surface area contributed by atoms with Crippen LogP contribution in [0.4, 0.5) is 0 Å². The molecular weight excluding hydrogens is 352 g/mol. The lowest BCUT2D eigenvalue weighted by Crippen LogP contribution is -2.38. The second-order valence-electron chi connectivity index (χ2n) is 5.84. The molecule has 1 heterocycles. The van der Waals surface area contributed by atoms with E-state index in [1.54, 1.807) is 13.0 Å². The lowest BCUT2D eigenvalue weighted by Gasteiger charge is -2.26. The maximum atomic E-state index is 13.2. The molecule has 2 atom stereocenters. The van der Waals surface area contributed by atoms with Crippen LogP contribution in [0.2, 0.25) is 5.02 Å². The summed E-state index contributed by atoms with van der Waals surface area (Å²) < 4.78 is 36.8. The normalized spacial score (nSPS) is 23.5. The van der Waals surface area contributed by atoms with Gasteiger partial charge in [-0.25, -0.2) is 13.2 Å². The average Bonchev–Trinajstić information content (AvgIpc) is 3.01. The number of ether oxygens (including phenoxy) is 2. The summed E-state index contributed by atoms with van der Waals surface area (Å²) in [5, 5.41) is -1.28. The number of halogens is 1. The number of sulfone groups is 1. The number of fused-ring (bicyclic) bond motifs is 1. The van der Waals surface area contributed by atoms with Crippen LogP contribution in [-0.4, -0.2) is 39.5 Å². The van der Waals surface area contributed by atoms with Crippen molar-refractivity contribution in [2.75, 3.05) is 19.8 Å².